The number of carbonyl (C=O) groups excluding carboxylic acids is 1. The second kappa shape index (κ2) is 4.61. The van der Waals surface area contributed by atoms with Crippen LogP contribution < -0.4 is 10.5 Å². The summed E-state index contributed by atoms with van der Waals surface area (Å²) in [5.41, 5.74) is 6.37. The third kappa shape index (κ3) is 2.78. The molecule has 0 bridgehead atoms. The topological polar surface area (TPSA) is 78.1 Å². The lowest BCUT2D eigenvalue weighted by Gasteiger charge is -2.04. The smallest absolute Gasteiger partial charge is 0.248 e. The van der Waals surface area contributed by atoms with Gasteiger partial charge in [0.1, 0.15) is 5.75 Å². The maximum atomic E-state index is 11.0. The Morgan fingerprint density at radius 3 is 2.71 bits per heavy atom. The van der Waals surface area contributed by atoms with Crippen LogP contribution in [0.25, 0.3) is 0 Å². The SMILES string of the molecule is Cc1ccc(Oc2cccc(C(N)=O)c2)nn1. The lowest BCUT2D eigenvalue weighted by Crippen LogP contribution is -2.10. The van der Waals surface area contributed by atoms with E-state index in [2.05, 4.69) is 10.2 Å². The molecule has 2 N–H and O–H groups in total. The summed E-state index contributed by atoms with van der Waals surface area (Å²) >= 11 is 0. The largest absolute Gasteiger partial charge is 0.438 e. The molecule has 1 amide bonds. The van der Waals surface area contributed by atoms with E-state index in [0.29, 0.717) is 17.2 Å². The van der Waals surface area contributed by atoms with Crippen molar-refractivity contribution >= 4 is 5.91 Å². The molecule has 1 heterocycles. The molecule has 17 heavy (non-hydrogen) atoms. The van der Waals surface area contributed by atoms with Crippen LogP contribution in [0.3, 0.4) is 0 Å². The summed E-state index contributed by atoms with van der Waals surface area (Å²) in [6.07, 6.45) is 0. The van der Waals surface area contributed by atoms with E-state index in [-0.39, 0.29) is 0 Å². The van der Waals surface area contributed by atoms with Crippen molar-refractivity contribution in [3.8, 4) is 11.6 Å². The second-order valence-electron chi connectivity index (χ2n) is 3.51. The number of nitrogens with zero attached hydrogens (tertiary/aromatic N) is 2. The van der Waals surface area contributed by atoms with Gasteiger partial charge in [0.05, 0.1) is 5.69 Å². The van der Waals surface area contributed by atoms with Crippen molar-refractivity contribution in [3.63, 3.8) is 0 Å². The predicted molar refractivity (Wildman–Crippen MR) is 61.8 cm³/mol. The van der Waals surface area contributed by atoms with Crippen LogP contribution in [0.4, 0.5) is 0 Å². The van der Waals surface area contributed by atoms with E-state index in [1.165, 1.54) is 0 Å². The minimum atomic E-state index is -0.495. The molecule has 0 saturated carbocycles. The first kappa shape index (κ1) is 11.1. The second-order valence-corrected chi connectivity index (χ2v) is 3.51. The van der Waals surface area contributed by atoms with E-state index in [0.717, 1.165) is 5.69 Å². The normalized spacial score (nSPS) is 9.94. The fourth-order valence-corrected chi connectivity index (χ4v) is 1.27. The third-order valence-corrected chi connectivity index (χ3v) is 2.11. The minimum absolute atomic E-state index is 0.372. The number of nitrogens with two attached hydrogens (primary N) is 1. The van der Waals surface area contributed by atoms with Gasteiger partial charge >= 0.3 is 0 Å². The van der Waals surface area contributed by atoms with Crippen LogP contribution in [0.5, 0.6) is 11.6 Å². The number of hydrogen-bond acceptors (Lipinski definition) is 4. The summed E-state index contributed by atoms with van der Waals surface area (Å²) in [5, 5.41) is 7.73. The highest BCUT2D eigenvalue weighted by Gasteiger charge is 2.03. The molecule has 0 fully saturated rings. The van der Waals surface area contributed by atoms with Crippen molar-refractivity contribution in [2.45, 2.75) is 6.92 Å². The first-order valence-electron chi connectivity index (χ1n) is 5.03. The first-order chi connectivity index (χ1) is 8.15. The van der Waals surface area contributed by atoms with Crippen LogP contribution in [-0.2, 0) is 0 Å². The molecule has 0 radical (unpaired) electrons. The average molecular weight is 229 g/mol. The first-order valence-corrected chi connectivity index (χ1v) is 5.03. The Bertz CT molecular complexity index is 538. The number of aryl methyl sites for hydroxylation is 1. The van der Waals surface area contributed by atoms with Gasteiger partial charge in [-0.1, -0.05) is 6.07 Å². The number of aromatic nitrogens is 2. The molecule has 1 aromatic carbocycles. The fraction of sp³-hybridized carbons (Fsp3) is 0.0833. The molecule has 2 rings (SSSR count). The highest BCUT2D eigenvalue weighted by molar-refractivity contribution is 5.93. The van der Waals surface area contributed by atoms with Crippen molar-refractivity contribution in [1.82, 2.24) is 10.2 Å². The van der Waals surface area contributed by atoms with Gasteiger partial charge in [0.25, 0.3) is 0 Å². The Morgan fingerprint density at radius 1 is 1.24 bits per heavy atom. The van der Waals surface area contributed by atoms with Crippen molar-refractivity contribution < 1.29 is 9.53 Å². The van der Waals surface area contributed by atoms with Crippen LogP contribution in [0.15, 0.2) is 36.4 Å². The zero-order valence-corrected chi connectivity index (χ0v) is 9.25. The molecule has 0 spiro atoms. The van der Waals surface area contributed by atoms with E-state index in [1.54, 1.807) is 36.4 Å². The summed E-state index contributed by atoms with van der Waals surface area (Å²) in [6, 6.07) is 10.1. The highest BCUT2D eigenvalue weighted by Crippen LogP contribution is 2.19. The van der Waals surface area contributed by atoms with E-state index in [1.807, 2.05) is 6.92 Å². The number of benzene rings is 1. The predicted octanol–water partition coefficient (Wildman–Crippen LogP) is 1.68. The number of hydrogen-bond donors (Lipinski definition) is 1. The quantitative estimate of drug-likeness (QED) is 0.868. The third-order valence-electron chi connectivity index (χ3n) is 2.11. The summed E-state index contributed by atoms with van der Waals surface area (Å²) in [6.45, 7) is 1.84. The molecule has 86 valence electrons. The molecule has 2 aromatic rings. The van der Waals surface area contributed by atoms with Gasteiger partial charge in [0.2, 0.25) is 11.8 Å². The van der Waals surface area contributed by atoms with Gasteiger partial charge in [-0.2, -0.15) is 5.10 Å². The molecule has 0 atom stereocenters. The maximum absolute atomic E-state index is 11.0. The Labute approximate surface area is 98.2 Å². The van der Waals surface area contributed by atoms with Gasteiger partial charge in [-0.15, -0.1) is 5.10 Å². The lowest BCUT2D eigenvalue weighted by molar-refractivity contribution is 0.1000. The standard InChI is InChI=1S/C12H11N3O2/c1-8-5-6-11(15-14-8)17-10-4-2-3-9(7-10)12(13)16/h2-7H,1H3,(H2,13,16). The van der Waals surface area contributed by atoms with Gasteiger partial charge in [0.15, 0.2) is 0 Å². The summed E-state index contributed by atoms with van der Waals surface area (Å²) in [4.78, 5) is 11.0. The Balaban J connectivity index is 2.21. The monoisotopic (exact) mass is 229 g/mol. The molecule has 0 aliphatic carbocycles. The molecule has 5 heteroatoms. The fourth-order valence-electron chi connectivity index (χ4n) is 1.27. The Morgan fingerprint density at radius 2 is 2.06 bits per heavy atom. The summed E-state index contributed by atoms with van der Waals surface area (Å²) in [5.74, 6) is 0.377. The molecular weight excluding hydrogens is 218 g/mol. The molecule has 0 aliphatic rings. The average Bonchev–Trinajstić information content (AvgIpc) is 2.32. The van der Waals surface area contributed by atoms with E-state index in [4.69, 9.17) is 10.5 Å². The number of carbonyl (C=O) groups is 1. The van der Waals surface area contributed by atoms with Crippen LogP contribution in [0, 0.1) is 6.92 Å². The Hall–Kier alpha value is -2.43. The van der Waals surface area contributed by atoms with Crippen LogP contribution in [0.2, 0.25) is 0 Å². The van der Waals surface area contributed by atoms with Crippen LogP contribution in [-0.4, -0.2) is 16.1 Å². The molecule has 0 aliphatic heterocycles. The van der Waals surface area contributed by atoms with Gasteiger partial charge in [-0.25, -0.2) is 0 Å². The van der Waals surface area contributed by atoms with Gasteiger partial charge in [-0.05, 0) is 31.2 Å². The molecule has 5 nitrogen and oxygen atoms in total. The van der Waals surface area contributed by atoms with Gasteiger partial charge < -0.3 is 10.5 Å². The molecule has 0 saturated heterocycles. The molecular formula is C12H11N3O2. The zero-order valence-electron chi connectivity index (χ0n) is 9.25. The lowest BCUT2D eigenvalue weighted by atomic mass is 10.2. The van der Waals surface area contributed by atoms with Crippen molar-refractivity contribution in [3.05, 3.63) is 47.7 Å². The van der Waals surface area contributed by atoms with Crippen molar-refractivity contribution in [1.29, 1.82) is 0 Å². The van der Waals surface area contributed by atoms with E-state index < -0.39 is 5.91 Å². The van der Waals surface area contributed by atoms with Crippen molar-refractivity contribution in [2.24, 2.45) is 5.73 Å². The van der Waals surface area contributed by atoms with Crippen LogP contribution >= 0.6 is 0 Å². The van der Waals surface area contributed by atoms with E-state index in [9.17, 15) is 4.79 Å². The molecule has 1 aromatic heterocycles. The zero-order chi connectivity index (χ0) is 12.3. The summed E-state index contributed by atoms with van der Waals surface area (Å²) < 4.78 is 5.44. The minimum Gasteiger partial charge on any atom is -0.438 e. The number of ether oxygens (including phenoxy) is 1. The van der Waals surface area contributed by atoms with Crippen LogP contribution in [0.1, 0.15) is 16.1 Å². The summed E-state index contributed by atoms with van der Waals surface area (Å²) in [7, 11) is 0. The number of rotatable bonds is 3. The highest BCUT2D eigenvalue weighted by atomic mass is 16.5. The number of primary amides is 1. The van der Waals surface area contributed by atoms with E-state index >= 15 is 0 Å². The van der Waals surface area contributed by atoms with Crippen molar-refractivity contribution in [2.75, 3.05) is 0 Å². The Kier molecular flexibility index (Phi) is 3.00. The van der Waals surface area contributed by atoms with Gasteiger partial charge in [0, 0.05) is 11.6 Å². The molecule has 0 unspecified atom stereocenters. The number of amides is 1. The maximum Gasteiger partial charge on any atom is 0.248 e. The van der Waals surface area contributed by atoms with Gasteiger partial charge in [-0.3, -0.25) is 4.79 Å².